The molecule has 0 fully saturated rings. The van der Waals surface area contributed by atoms with Gasteiger partial charge in [-0.15, -0.1) is 0 Å². The number of hydrogen-bond donors (Lipinski definition) is 0. The molecule has 3 rings (SSSR count). The van der Waals surface area contributed by atoms with Crippen LogP contribution in [0.4, 0.5) is 8.78 Å². The number of benzene rings is 3. The van der Waals surface area contributed by atoms with Crippen molar-refractivity contribution in [2.24, 2.45) is 0 Å². The minimum absolute atomic E-state index is 0.137. The van der Waals surface area contributed by atoms with Crippen molar-refractivity contribution >= 4 is 0 Å². The average Bonchev–Trinajstić information content (AvgIpc) is 2.72. The van der Waals surface area contributed by atoms with Crippen molar-refractivity contribution in [1.29, 1.82) is 0 Å². The molecule has 0 spiro atoms. The van der Waals surface area contributed by atoms with Gasteiger partial charge in [0, 0.05) is 0 Å². The number of alkyl halides is 2. The van der Waals surface area contributed by atoms with E-state index >= 15 is 0 Å². The second kappa shape index (κ2) is 8.99. The first-order valence-electron chi connectivity index (χ1n) is 10.6. The van der Waals surface area contributed by atoms with E-state index in [4.69, 9.17) is 4.74 Å². The minimum atomic E-state index is -3.12. The summed E-state index contributed by atoms with van der Waals surface area (Å²) >= 11 is 0. The molecule has 3 aromatic carbocycles. The Bertz CT molecular complexity index is 934. The van der Waals surface area contributed by atoms with Crippen molar-refractivity contribution in [3.05, 3.63) is 78.4 Å². The Kier molecular flexibility index (Phi) is 6.60. The zero-order valence-corrected chi connectivity index (χ0v) is 18.2. The summed E-state index contributed by atoms with van der Waals surface area (Å²) in [6.07, 6.45) is -2.23. The third kappa shape index (κ3) is 5.69. The Labute approximate surface area is 178 Å². The van der Waals surface area contributed by atoms with Crippen molar-refractivity contribution in [2.45, 2.75) is 58.5 Å². The molecular weight excluding hydrogens is 378 g/mol. The van der Waals surface area contributed by atoms with Gasteiger partial charge in [-0.25, -0.2) is 0 Å². The molecule has 30 heavy (non-hydrogen) atoms. The highest BCUT2D eigenvalue weighted by atomic mass is 19.3. The molecular formula is C27H30F2O. The predicted octanol–water partition coefficient (Wildman–Crippen LogP) is 8.48. The van der Waals surface area contributed by atoms with Gasteiger partial charge in [-0.3, -0.25) is 0 Å². The molecule has 3 heteroatoms. The SMILES string of the molecule is CCCCC(F)(F)Oc1ccc(-c2ccc(-c3ccc(C(C)(C)C)cc3)cc2)cc1. The second-order valence-electron chi connectivity index (χ2n) is 8.77. The van der Waals surface area contributed by atoms with Crippen LogP contribution in [-0.4, -0.2) is 6.11 Å². The fraction of sp³-hybridized carbons (Fsp3) is 0.333. The van der Waals surface area contributed by atoms with E-state index in [9.17, 15) is 8.78 Å². The second-order valence-corrected chi connectivity index (χ2v) is 8.77. The number of hydrogen-bond acceptors (Lipinski definition) is 1. The van der Waals surface area contributed by atoms with E-state index in [0.29, 0.717) is 12.8 Å². The summed E-state index contributed by atoms with van der Waals surface area (Å²) in [6.45, 7) is 8.51. The molecule has 0 aromatic heterocycles. The third-order valence-electron chi connectivity index (χ3n) is 5.25. The van der Waals surface area contributed by atoms with Crippen LogP contribution >= 0.6 is 0 Å². The first kappa shape index (κ1) is 22.0. The molecule has 0 aliphatic rings. The van der Waals surface area contributed by atoms with Gasteiger partial charge in [0.15, 0.2) is 0 Å². The van der Waals surface area contributed by atoms with Gasteiger partial charge in [0.1, 0.15) is 5.75 Å². The minimum Gasteiger partial charge on any atom is -0.433 e. The topological polar surface area (TPSA) is 9.23 Å². The number of rotatable bonds is 7. The molecule has 0 aliphatic heterocycles. The smallest absolute Gasteiger partial charge is 0.397 e. The number of ether oxygens (including phenoxy) is 1. The molecule has 0 aliphatic carbocycles. The Hall–Kier alpha value is -2.68. The molecule has 158 valence electrons. The van der Waals surface area contributed by atoms with Crippen LogP contribution in [0.15, 0.2) is 72.8 Å². The molecule has 0 unspecified atom stereocenters. The molecule has 0 amide bonds. The lowest BCUT2D eigenvalue weighted by atomic mass is 9.86. The highest BCUT2D eigenvalue weighted by molar-refractivity contribution is 5.70. The van der Waals surface area contributed by atoms with Crippen LogP contribution in [0.2, 0.25) is 0 Å². The van der Waals surface area contributed by atoms with E-state index in [1.165, 1.54) is 11.1 Å². The number of unbranched alkanes of at least 4 members (excludes halogenated alkanes) is 1. The van der Waals surface area contributed by atoms with Crippen LogP contribution in [0.3, 0.4) is 0 Å². The molecule has 0 atom stereocenters. The average molecular weight is 409 g/mol. The molecule has 0 heterocycles. The van der Waals surface area contributed by atoms with E-state index in [1.54, 1.807) is 12.1 Å². The van der Waals surface area contributed by atoms with Gasteiger partial charge in [0.2, 0.25) is 0 Å². The van der Waals surface area contributed by atoms with Crippen LogP contribution in [0.25, 0.3) is 22.3 Å². The lowest BCUT2D eigenvalue weighted by Gasteiger charge is -2.19. The summed E-state index contributed by atoms with van der Waals surface area (Å²) < 4.78 is 32.5. The van der Waals surface area contributed by atoms with Gasteiger partial charge in [0.05, 0.1) is 6.42 Å². The monoisotopic (exact) mass is 408 g/mol. The van der Waals surface area contributed by atoms with Gasteiger partial charge in [-0.05, 0) is 51.8 Å². The molecule has 0 radical (unpaired) electrons. The zero-order valence-electron chi connectivity index (χ0n) is 18.2. The van der Waals surface area contributed by atoms with Crippen LogP contribution in [0.1, 0.15) is 52.5 Å². The van der Waals surface area contributed by atoms with E-state index in [2.05, 4.69) is 69.3 Å². The maximum absolute atomic E-state index is 13.8. The van der Waals surface area contributed by atoms with E-state index in [-0.39, 0.29) is 17.6 Å². The van der Waals surface area contributed by atoms with E-state index in [1.807, 2.05) is 19.1 Å². The summed E-state index contributed by atoms with van der Waals surface area (Å²) in [5.74, 6) is 0.190. The van der Waals surface area contributed by atoms with Crippen molar-refractivity contribution in [3.8, 4) is 28.0 Å². The summed E-state index contributed by atoms with van der Waals surface area (Å²) in [4.78, 5) is 0. The van der Waals surface area contributed by atoms with Crippen LogP contribution in [0, 0.1) is 0 Å². The first-order valence-corrected chi connectivity index (χ1v) is 10.6. The molecule has 0 N–H and O–H groups in total. The summed E-state index contributed by atoms with van der Waals surface area (Å²) in [5, 5.41) is 0. The first-order chi connectivity index (χ1) is 14.2. The maximum atomic E-state index is 13.8. The lowest BCUT2D eigenvalue weighted by molar-refractivity contribution is -0.181. The Morgan fingerprint density at radius 2 is 1.07 bits per heavy atom. The quantitative estimate of drug-likeness (QED) is 0.381. The van der Waals surface area contributed by atoms with Crippen molar-refractivity contribution < 1.29 is 13.5 Å². The molecule has 3 aromatic rings. The van der Waals surface area contributed by atoms with Gasteiger partial charge in [-0.1, -0.05) is 94.8 Å². The van der Waals surface area contributed by atoms with Crippen molar-refractivity contribution in [1.82, 2.24) is 0 Å². The lowest BCUT2D eigenvalue weighted by Crippen LogP contribution is -2.24. The predicted molar refractivity (Wildman–Crippen MR) is 121 cm³/mol. The highest BCUT2D eigenvalue weighted by Crippen LogP contribution is 2.30. The normalized spacial score (nSPS) is 12.1. The molecule has 1 nitrogen and oxygen atoms in total. The van der Waals surface area contributed by atoms with E-state index < -0.39 is 6.11 Å². The Balaban J connectivity index is 1.70. The van der Waals surface area contributed by atoms with Gasteiger partial charge in [0.25, 0.3) is 0 Å². The number of halogens is 2. The highest BCUT2D eigenvalue weighted by Gasteiger charge is 2.30. The summed E-state index contributed by atoms with van der Waals surface area (Å²) in [5.41, 5.74) is 5.77. The summed E-state index contributed by atoms with van der Waals surface area (Å²) in [6, 6.07) is 23.8. The molecule has 0 saturated carbocycles. The van der Waals surface area contributed by atoms with Crippen molar-refractivity contribution in [2.75, 3.05) is 0 Å². The van der Waals surface area contributed by atoms with Gasteiger partial charge >= 0.3 is 6.11 Å². The fourth-order valence-corrected chi connectivity index (χ4v) is 3.34. The molecule has 0 saturated heterocycles. The fourth-order valence-electron chi connectivity index (χ4n) is 3.34. The van der Waals surface area contributed by atoms with Crippen LogP contribution < -0.4 is 4.74 Å². The standard InChI is InChI=1S/C27H30F2O/c1-5-6-19-27(28,29)30-25-17-13-23(14-18-25)21-9-7-20(8-10-21)22-11-15-24(16-12-22)26(2,3)4/h7-18H,5-6,19H2,1-4H3. The summed E-state index contributed by atoms with van der Waals surface area (Å²) in [7, 11) is 0. The van der Waals surface area contributed by atoms with Gasteiger partial charge in [-0.2, -0.15) is 8.78 Å². The maximum Gasteiger partial charge on any atom is 0.397 e. The Morgan fingerprint density at radius 1 is 0.667 bits per heavy atom. The van der Waals surface area contributed by atoms with Crippen LogP contribution in [-0.2, 0) is 5.41 Å². The van der Waals surface area contributed by atoms with Crippen molar-refractivity contribution in [3.63, 3.8) is 0 Å². The largest absolute Gasteiger partial charge is 0.433 e. The Morgan fingerprint density at radius 3 is 1.47 bits per heavy atom. The van der Waals surface area contributed by atoms with E-state index in [0.717, 1.165) is 16.7 Å². The molecule has 0 bridgehead atoms. The third-order valence-corrected chi connectivity index (χ3v) is 5.25. The van der Waals surface area contributed by atoms with Crippen LogP contribution in [0.5, 0.6) is 5.75 Å². The van der Waals surface area contributed by atoms with Gasteiger partial charge < -0.3 is 4.74 Å². The zero-order chi connectivity index (χ0) is 21.8.